The predicted molar refractivity (Wildman–Crippen MR) is 77.1 cm³/mol. The molecule has 0 aliphatic heterocycles. The minimum atomic E-state index is -0.227. The highest BCUT2D eigenvalue weighted by molar-refractivity contribution is 6.31. The Hall–Kier alpha value is -2.07. The Morgan fingerprint density at radius 2 is 2.00 bits per heavy atom. The monoisotopic (exact) mass is 291 g/mol. The van der Waals surface area contributed by atoms with Crippen LogP contribution in [-0.4, -0.2) is 11.7 Å². The smallest absolute Gasteiger partial charge is 0.224 e. The number of amides is 1. The minimum Gasteiger partial charge on any atom is -0.461 e. The van der Waals surface area contributed by atoms with Crippen LogP contribution in [0.15, 0.2) is 41.0 Å². The molecule has 5 heteroatoms. The molecule has 0 aliphatic carbocycles. The van der Waals surface area contributed by atoms with Crippen LogP contribution >= 0.6 is 11.6 Å². The molecule has 1 amide bonds. The SMILES string of the molecule is Cc1c(Cl)cccc1NC(=O)CCC(=O)c1ccco1. The Morgan fingerprint density at radius 3 is 2.70 bits per heavy atom. The van der Waals surface area contributed by atoms with Gasteiger partial charge in [-0.05, 0) is 36.8 Å². The number of carbonyl (C=O) groups is 2. The number of furan rings is 1. The second kappa shape index (κ2) is 6.39. The van der Waals surface area contributed by atoms with E-state index in [9.17, 15) is 9.59 Å². The number of carbonyl (C=O) groups excluding carboxylic acids is 2. The molecule has 1 N–H and O–H groups in total. The molecule has 0 saturated heterocycles. The van der Waals surface area contributed by atoms with E-state index >= 15 is 0 Å². The molecule has 0 saturated carbocycles. The average molecular weight is 292 g/mol. The first kappa shape index (κ1) is 14.3. The summed E-state index contributed by atoms with van der Waals surface area (Å²) in [4.78, 5) is 23.5. The van der Waals surface area contributed by atoms with E-state index in [-0.39, 0.29) is 30.3 Å². The molecule has 0 atom stereocenters. The third-order valence-electron chi connectivity index (χ3n) is 2.92. The van der Waals surface area contributed by atoms with Crippen LogP contribution in [0.1, 0.15) is 29.0 Å². The highest BCUT2D eigenvalue weighted by Crippen LogP contribution is 2.23. The van der Waals surface area contributed by atoms with Gasteiger partial charge in [-0.2, -0.15) is 0 Å². The number of Topliss-reactive ketones (excluding diaryl/α,β-unsaturated/α-hetero) is 1. The molecule has 20 heavy (non-hydrogen) atoms. The Morgan fingerprint density at radius 1 is 1.20 bits per heavy atom. The normalized spacial score (nSPS) is 10.3. The predicted octanol–water partition coefficient (Wildman–Crippen LogP) is 3.84. The van der Waals surface area contributed by atoms with Crippen molar-refractivity contribution in [3.8, 4) is 0 Å². The third-order valence-corrected chi connectivity index (χ3v) is 3.33. The first-order chi connectivity index (χ1) is 9.58. The van der Waals surface area contributed by atoms with E-state index in [1.165, 1.54) is 6.26 Å². The van der Waals surface area contributed by atoms with Gasteiger partial charge in [-0.3, -0.25) is 9.59 Å². The summed E-state index contributed by atoms with van der Waals surface area (Å²) in [6.07, 6.45) is 1.65. The molecular weight excluding hydrogens is 278 g/mol. The number of ketones is 1. The van der Waals surface area contributed by atoms with Gasteiger partial charge < -0.3 is 9.73 Å². The highest BCUT2D eigenvalue weighted by atomic mass is 35.5. The summed E-state index contributed by atoms with van der Waals surface area (Å²) in [6, 6.07) is 8.52. The van der Waals surface area contributed by atoms with Crippen molar-refractivity contribution in [1.29, 1.82) is 0 Å². The van der Waals surface area contributed by atoms with Gasteiger partial charge in [0.05, 0.1) is 6.26 Å². The molecule has 1 heterocycles. The largest absolute Gasteiger partial charge is 0.461 e. The van der Waals surface area contributed by atoms with E-state index in [2.05, 4.69) is 5.32 Å². The maximum absolute atomic E-state index is 11.8. The molecule has 4 nitrogen and oxygen atoms in total. The minimum absolute atomic E-state index is 0.103. The zero-order chi connectivity index (χ0) is 14.5. The molecule has 104 valence electrons. The molecule has 2 aromatic rings. The van der Waals surface area contributed by atoms with Gasteiger partial charge in [-0.1, -0.05) is 17.7 Å². The van der Waals surface area contributed by atoms with Crippen molar-refractivity contribution in [2.75, 3.05) is 5.32 Å². The number of rotatable bonds is 5. The molecule has 0 bridgehead atoms. The number of anilines is 1. The molecule has 0 spiro atoms. The summed E-state index contributed by atoms with van der Waals surface area (Å²) in [6.45, 7) is 1.83. The molecule has 0 fully saturated rings. The van der Waals surface area contributed by atoms with Crippen LogP contribution in [-0.2, 0) is 4.79 Å². The van der Waals surface area contributed by atoms with Gasteiger partial charge in [0.15, 0.2) is 11.5 Å². The van der Waals surface area contributed by atoms with Crippen molar-refractivity contribution < 1.29 is 14.0 Å². The van der Waals surface area contributed by atoms with Crippen molar-refractivity contribution in [1.82, 2.24) is 0 Å². The van der Waals surface area contributed by atoms with Gasteiger partial charge in [0, 0.05) is 23.6 Å². The van der Waals surface area contributed by atoms with Crippen molar-refractivity contribution in [2.24, 2.45) is 0 Å². The number of halogens is 1. The second-order valence-corrected chi connectivity index (χ2v) is 4.77. The van der Waals surface area contributed by atoms with Crippen LogP contribution in [0.25, 0.3) is 0 Å². The maximum atomic E-state index is 11.8. The average Bonchev–Trinajstić information content (AvgIpc) is 2.95. The molecule has 2 rings (SSSR count). The standard InChI is InChI=1S/C15H14ClNO3/c1-10-11(16)4-2-5-12(10)17-15(19)8-7-13(18)14-6-3-9-20-14/h2-6,9H,7-8H2,1H3,(H,17,19). The lowest BCUT2D eigenvalue weighted by molar-refractivity contribution is -0.116. The third kappa shape index (κ3) is 3.48. The van der Waals surface area contributed by atoms with Gasteiger partial charge in [0.1, 0.15) is 0 Å². The Labute approximate surface area is 121 Å². The van der Waals surface area contributed by atoms with E-state index in [4.69, 9.17) is 16.0 Å². The first-order valence-electron chi connectivity index (χ1n) is 6.19. The van der Waals surface area contributed by atoms with E-state index in [0.29, 0.717) is 10.7 Å². The summed E-state index contributed by atoms with van der Waals surface area (Å²) < 4.78 is 4.98. The topological polar surface area (TPSA) is 59.3 Å². The number of hydrogen-bond acceptors (Lipinski definition) is 3. The van der Waals surface area contributed by atoms with E-state index < -0.39 is 0 Å². The Bertz CT molecular complexity index is 620. The van der Waals surface area contributed by atoms with Crippen LogP contribution in [0.4, 0.5) is 5.69 Å². The molecular formula is C15H14ClNO3. The summed E-state index contributed by atoms with van der Waals surface area (Å²) in [5.74, 6) is -0.139. The first-order valence-corrected chi connectivity index (χ1v) is 6.57. The van der Waals surface area contributed by atoms with Crippen molar-refractivity contribution in [3.05, 3.63) is 52.9 Å². The van der Waals surface area contributed by atoms with Crippen molar-refractivity contribution >= 4 is 29.0 Å². The van der Waals surface area contributed by atoms with Crippen molar-refractivity contribution in [2.45, 2.75) is 19.8 Å². The van der Waals surface area contributed by atoms with Crippen LogP contribution in [0.5, 0.6) is 0 Å². The fourth-order valence-electron chi connectivity index (χ4n) is 1.74. The molecule has 1 aromatic carbocycles. The zero-order valence-electron chi connectivity index (χ0n) is 11.0. The van der Waals surface area contributed by atoms with Gasteiger partial charge in [0.25, 0.3) is 0 Å². The van der Waals surface area contributed by atoms with Gasteiger partial charge in [0.2, 0.25) is 5.91 Å². The van der Waals surface area contributed by atoms with E-state index in [0.717, 1.165) is 5.56 Å². The number of hydrogen-bond donors (Lipinski definition) is 1. The fourth-order valence-corrected chi connectivity index (χ4v) is 1.92. The summed E-state index contributed by atoms with van der Waals surface area (Å²) in [7, 11) is 0. The quantitative estimate of drug-likeness (QED) is 0.851. The lowest BCUT2D eigenvalue weighted by Gasteiger charge is -2.08. The number of benzene rings is 1. The van der Waals surface area contributed by atoms with Crippen LogP contribution in [0.2, 0.25) is 5.02 Å². The Kier molecular flexibility index (Phi) is 4.58. The molecule has 0 radical (unpaired) electrons. The summed E-state index contributed by atoms with van der Waals surface area (Å²) in [5, 5.41) is 3.34. The van der Waals surface area contributed by atoms with Gasteiger partial charge in [-0.25, -0.2) is 0 Å². The molecule has 0 unspecified atom stereocenters. The Balaban J connectivity index is 1.90. The molecule has 0 aliphatic rings. The van der Waals surface area contributed by atoms with E-state index in [1.54, 1.807) is 30.3 Å². The lowest BCUT2D eigenvalue weighted by Crippen LogP contribution is -2.14. The lowest BCUT2D eigenvalue weighted by atomic mass is 10.1. The van der Waals surface area contributed by atoms with E-state index in [1.807, 2.05) is 6.92 Å². The summed E-state index contributed by atoms with van der Waals surface area (Å²) in [5.41, 5.74) is 1.47. The van der Waals surface area contributed by atoms with Crippen LogP contribution in [0, 0.1) is 6.92 Å². The zero-order valence-corrected chi connectivity index (χ0v) is 11.7. The van der Waals surface area contributed by atoms with Crippen LogP contribution in [0.3, 0.4) is 0 Å². The fraction of sp³-hybridized carbons (Fsp3) is 0.200. The highest BCUT2D eigenvalue weighted by Gasteiger charge is 2.12. The summed E-state index contributed by atoms with van der Waals surface area (Å²) >= 11 is 5.97. The van der Waals surface area contributed by atoms with Crippen molar-refractivity contribution in [3.63, 3.8) is 0 Å². The van der Waals surface area contributed by atoms with Crippen LogP contribution < -0.4 is 5.32 Å². The maximum Gasteiger partial charge on any atom is 0.224 e. The molecule has 1 aromatic heterocycles. The number of nitrogens with one attached hydrogen (secondary N) is 1. The van der Waals surface area contributed by atoms with Gasteiger partial charge in [-0.15, -0.1) is 0 Å². The van der Waals surface area contributed by atoms with Gasteiger partial charge >= 0.3 is 0 Å². The second-order valence-electron chi connectivity index (χ2n) is 4.36.